The van der Waals surface area contributed by atoms with E-state index in [2.05, 4.69) is 30.1 Å². The van der Waals surface area contributed by atoms with Crippen LogP contribution in [0.5, 0.6) is 0 Å². The van der Waals surface area contributed by atoms with Gasteiger partial charge in [-0.25, -0.2) is 0 Å². The molecule has 0 radical (unpaired) electrons. The van der Waals surface area contributed by atoms with Crippen LogP contribution in [0.1, 0.15) is 49.4 Å². The van der Waals surface area contributed by atoms with E-state index in [9.17, 15) is 0 Å². The summed E-state index contributed by atoms with van der Waals surface area (Å²) in [5.41, 5.74) is 7.28. The second-order valence-corrected chi connectivity index (χ2v) is 6.34. The number of hydrogen-bond donors (Lipinski definition) is 1. The normalized spacial score (nSPS) is 14.9. The topological polar surface area (TPSA) is 64.9 Å². The maximum atomic E-state index is 6.30. The summed E-state index contributed by atoms with van der Waals surface area (Å²) in [5.74, 6) is 1.24. The molecule has 3 rings (SSSR count). The summed E-state index contributed by atoms with van der Waals surface area (Å²) in [7, 11) is 0. The van der Waals surface area contributed by atoms with Gasteiger partial charge in [0.05, 0.1) is 10.4 Å². The van der Waals surface area contributed by atoms with Gasteiger partial charge in [0.15, 0.2) is 5.82 Å². The molecule has 2 aromatic rings. The predicted octanol–water partition coefficient (Wildman–Crippen LogP) is 3.26. The maximum Gasteiger partial charge on any atom is 0.268 e. The van der Waals surface area contributed by atoms with Gasteiger partial charge in [-0.3, -0.25) is 0 Å². The van der Waals surface area contributed by atoms with Gasteiger partial charge in [0.1, 0.15) is 0 Å². The van der Waals surface area contributed by atoms with Crippen LogP contribution >= 0.6 is 11.3 Å². The van der Waals surface area contributed by atoms with Crippen molar-refractivity contribution in [3.05, 3.63) is 22.3 Å². The highest BCUT2D eigenvalue weighted by molar-refractivity contribution is 7.15. The average Bonchev–Trinajstić information content (AvgIpc) is 3.11. The lowest BCUT2D eigenvalue weighted by Crippen LogP contribution is -2.36. The first kappa shape index (κ1) is 12.8. The molecule has 102 valence electrons. The fourth-order valence-corrected chi connectivity index (χ4v) is 3.70. The van der Waals surface area contributed by atoms with E-state index < -0.39 is 5.54 Å². The van der Waals surface area contributed by atoms with Gasteiger partial charge in [-0.05, 0) is 43.7 Å². The van der Waals surface area contributed by atoms with E-state index in [1.54, 1.807) is 11.3 Å². The smallest absolute Gasteiger partial charge is 0.268 e. The van der Waals surface area contributed by atoms with E-state index >= 15 is 0 Å². The van der Waals surface area contributed by atoms with Crippen molar-refractivity contribution in [3.63, 3.8) is 0 Å². The fourth-order valence-electron chi connectivity index (χ4n) is 2.53. The van der Waals surface area contributed by atoms with Gasteiger partial charge < -0.3 is 10.3 Å². The Morgan fingerprint density at radius 2 is 2.16 bits per heavy atom. The SMILES string of the molecule is CCC(N)(CC)c1noc(-c2cc3c(s2)CCC3)n1. The molecule has 4 nitrogen and oxygen atoms in total. The van der Waals surface area contributed by atoms with Gasteiger partial charge in [0.25, 0.3) is 5.89 Å². The Hall–Kier alpha value is -1.20. The molecule has 0 amide bonds. The third kappa shape index (κ3) is 2.11. The van der Waals surface area contributed by atoms with Gasteiger partial charge in [-0.1, -0.05) is 19.0 Å². The van der Waals surface area contributed by atoms with Gasteiger partial charge in [0.2, 0.25) is 0 Å². The molecule has 0 fully saturated rings. The number of nitrogens with zero attached hydrogens (tertiary/aromatic N) is 2. The number of rotatable bonds is 4. The van der Waals surface area contributed by atoms with E-state index in [0.29, 0.717) is 11.7 Å². The Bertz CT molecular complexity index is 562. The van der Waals surface area contributed by atoms with Crippen molar-refractivity contribution in [1.82, 2.24) is 10.1 Å². The molecule has 19 heavy (non-hydrogen) atoms. The van der Waals surface area contributed by atoms with Crippen molar-refractivity contribution in [1.29, 1.82) is 0 Å². The zero-order valence-electron chi connectivity index (χ0n) is 11.4. The van der Waals surface area contributed by atoms with Gasteiger partial charge in [-0.15, -0.1) is 11.3 Å². The zero-order chi connectivity index (χ0) is 13.5. The van der Waals surface area contributed by atoms with Crippen LogP contribution < -0.4 is 5.73 Å². The van der Waals surface area contributed by atoms with Gasteiger partial charge in [0, 0.05) is 4.88 Å². The minimum atomic E-state index is -0.470. The monoisotopic (exact) mass is 277 g/mol. The molecule has 1 aliphatic rings. The van der Waals surface area contributed by atoms with E-state index in [0.717, 1.165) is 17.7 Å². The molecule has 1 aliphatic carbocycles. The highest BCUT2D eigenvalue weighted by atomic mass is 32.1. The standard InChI is InChI=1S/C14H19N3OS/c1-3-14(15,4-2)13-16-12(18-17-13)11-8-9-6-5-7-10(9)19-11/h8H,3-7,15H2,1-2H3. The Morgan fingerprint density at radius 1 is 1.37 bits per heavy atom. The first-order chi connectivity index (χ1) is 9.16. The molecule has 0 bridgehead atoms. The minimum absolute atomic E-state index is 0.470. The second-order valence-electron chi connectivity index (χ2n) is 5.20. The highest BCUT2D eigenvalue weighted by Crippen LogP contribution is 2.36. The van der Waals surface area contributed by atoms with Crippen molar-refractivity contribution >= 4 is 11.3 Å². The molecular weight excluding hydrogens is 258 g/mol. The molecule has 2 aromatic heterocycles. The van der Waals surface area contributed by atoms with Gasteiger partial charge >= 0.3 is 0 Å². The Labute approximate surface area is 117 Å². The number of thiophene rings is 1. The molecule has 0 saturated heterocycles. The van der Waals surface area contributed by atoms with Gasteiger partial charge in [-0.2, -0.15) is 4.98 Å². The first-order valence-electron chi connectivity index (χ1n) is 6.91. The lowest BCUT2D eigenvalue weighted by Gasteiger charge is -2.21. The summed E-state index contributed by atoms with van der Waals surface area (Å²) in [6, 6.07) is 2.19. The zero-order valence-corrected chi connectivity index (χ0v) is 12.2. The number of hydrogen-bond acceptors (Lipinski definition) is 5. The van der Waals surface area contributed by atoms with Crippen molar-refractivity contribution in [2.75, 3.05) is 0 Å². The third-order valence-corrected chi connectivity index (χ3v) is 5.32. The lowest BCUT2D eigenvalue weighted by atomic mass is 9.93. The quantitative estimate of drug-likeness (QED) is 0.931. The van der Waals surface area contributed by atoms with Crippen LogP contribution in [0.25, 0.3) is 10.8 Å². The minimum Gasteiger partial charge on any atom is -0.333 e. The van der Waals surface area contributed by atoms with E-state index in [1.807, 2.05) is 0 Å². The summed E-state index contributed by atoms with van der Waals surface area (Å²) in [4.78, 5) is 7.07. The largest absolute Gasteiger partial charge is 0.333 e. The number of fused-ring (bicyclic) bond motifs is 1. The van der Waals surface area contributed by atoms with Crippen LogP contribution in [0, 0.1) is 0 Å². The number of nitrogens with two attached hydrogens (primary N) is 1. The first-order valence-corrected chi connectivity index (χ1v) is 7.73. The lowest BCUT2D eigenvalue weighted by molar-refractivity contribution is 0.350. The second kappa shape index (κ2) is 4.72. The van der Waals surface area contributed by atoms with Crippen LogP contribution in [-0.2, 0) is 18.4 Å². The van der Waals surface area contributed by atoms with E-state index in [1.165, 1.54) is 29.7 Å². The summed E-state index contributed by atoms with van der Waals surface area (Å²) in [6.45, 7) is 4.11. The molecule has 2 N–H and O–H groups in total. The highest BCUT2D eigenvalue weighted by Gasteiger charge is 2.29. The van der Waals surface area contributed by atoms with Crippen LogP contribution in [0.4, 0.5) is 0 Å². The summed E-state index contributed by atoms with van der Waals surface area (Å²) in [6.07, 6.45) is 5.25. The predicted molar refractivity (Wildman–Crippen MR) is 76.1 cm³/mol. The molecule has 5 heteroatoms. The Balaban J connectivity index is 1.92. The summed E-state index contributed by atoms with van der Waals surface area (Å²) < 4.78 is 5.41. The fraction of sp³-hybridized carbons (Fsp3) is 0.571. The molecular formula is C14H19N3OS. The van der Waals surface area contributed by atoms with E-state index in [4.69, 9.17) is 10.3 Å². The Morgan fingerprint density at radius 3 is 2.84 bits per heavy atom. The van der Waals surface area contributed by atoms with Crippen molar-refractivity contribution < 1.29 is 4.52 Å². The van der Waals surface area contributed by atoms with Crippen LogP contribution in [0.3, 0.4) is 0 Å². The van der Waals surface area contributed by atoms with E-state index in [-0.39, 0.29) is 0 Å². The van der Waals surface area contributed by atoms with Crippen molar-refractivity contribution in [3.8, 4) is 10.8 Å². The summed E-state index contributed by atoms with van der Waals surface area (Å²) in [5, 5.41) is 4.08. The summed E-state index contributed by atoms with van der Waals surface area (Å²) >= 11 is 1.78. The molecule has 0 spiro atoms. The maximum absolute atomic E-state index is 6.30. The molecule has 0 unspecified atom stereocenters. The van der Waals surface area contributed by atoms with Crippen molar-refractivity contribution in [2.24, 2.45) is 5.73 Å². The van der Waals surface area contributed by atoms with Crippen LogP contribution in [0.2, 0.25) is 0 Å². The molecule has 0 saturated carbocycles. The molecule has 0 aliphatic heterocycles. The Kier molecular flexibility index (Phi) is 3.19. The van der Waals surface area contributed by atoms with Crippen LogP contribution in [-0.4, -0.2) is 10.1 Å². The molecule has 0 aromatic carbocycles. The number of aryl methyl sites for hydroxylation is 2. The van der Waals surface area contributed by atoms with Crippen LogP contribution in [0.15, 0.2) is 10.6 Å². The molecule has 2 heterocycles. The average molecular weight is 277 g/mol. The van der Waals surface area contributed by atoms with Crippen molar-refractivity contribution in [2.45, 2.75) is 51.5 Å². The number of aromatic nitrogens is 2. The third-order valence-electron chi connectivity index (χ3n) is 4.09. The molecule has 0 atom stereocenters.